The third kappa shape index (κ3) is 5.91. The van der Waals surface area contributed by atoms with E-state index < -0.39 is 5.97 Å². The lowest BCUT2D eigenvalue weighted by atomic mass is 10.1. The summed E-state index contributed by atoms with van der Waals surface area (Å²) in [4.78, 5) is 41.0. The molecule has 0 saturated carbocycles. The first-order chi connectivity index (χ1) is 12.9. The number of carboxylic acids is 1. The van der Waals surface area contributed by atoms with Gasteiger partial charge in [0.2, 0.25) is 5.91 Å². The summed E-state index contributed by atoms with van der Waals surface area (Å²) in [6, 6.07) is 11.8. The molecular weight excluding hydrogens is 463 g/mol. The van der Waals surface area contributed by atoms with Gasteiger partial charge in [-0.25, -0.2) is 4.98 Å². The van der Waals surface area contributed by atoms with Crippen molar-refractivity contribution in [1.82, 2.24) is 10.4 Å². The molecule has 0 atom stereocenters. The van der Waals surface area contributed by atoms with Crippen LogP contribution < -0.4 is 15.3 Å². The number of alkyl halides is 1. The Bertz CT molecular complexity index is 816. The van der Waals surface area contributed by atoms with Gasteiger partial charge < -0.3 is 5.11 Å². The molecule has 0 spiro atoms. The van der Waals surface area contributed by atoms with Crippen LogP contribution in [0, 0.1) is 0 Å². The van der Waals surface area contributed by atoms with Gasteiger partial charge in [-0.2, -0.15) is 0 Å². The normalized spacial score (nSPS) is 10.1. The van der Waals surface area contributed by atoms with Crippen molar-refractivity contribution in [3.8, 4) is 0 Å². The molecule has 8 nitrogen and oxygen atoms in total. The largest absolute Gasteiger partial charge is 0.481 e. The zero-order valence-electron chi connectivity index (χ0n) is 14.6. The smallest absolute Gasteiger partial charge is 0.305 e. The van der Waals surface area contributed by atoms with Crippen molar-refractivity contribution < 1.29 is 19.5 Å². The predicted octanol–water partition coefficient (Wildman–Crippen LogP) is 2.11. The molecule has 142 valence electrons. The summed E-state index contributed by atoms with van der Waals surface area (Å²) in [6.07, 6.45) is 1.34. The number of pyridine rings is 1. The van der Waals surface area contributed by atoms with E-state index in [4.69, 9.17) is 5.11 Å². The topological polar surface area (TPSA) is 103 Å². The van der Waals surface area contributed by atoms with Crippen LogP contribution in [0.4, 0.5) is 11.5 Å². The van der Waals surface area contributed by atoms with E-state index in [1.807, 2.05) is 22.6 Å². The molecule has 1 aromatic heterocycles. The van der Waals surface area contributed by atoms with E-state index in [1.165, 1.54) is 9.91 Å². The standard InChI is InChI=1S/C18H19IN4O4/c1-22(21-16(24)12-19)14-6-4-5-13(11-14)18(27)23(10-8-17(25)26)15-7-2-3-9-20-15/h2-7,9,11H,8,10,12H2,1H3,(H,21,24)(H,25,26). The Morgan fingerprint density at radius 2 is 1.96 bits per heavy atom. The summed E-state index contributed by atoms with van der Waals surface area (Å²) < 4.78 is 0.309. The molecule has 0 saturated heterocycles. The molecule has 2 aromatic rings. The molecule has 0 aliphatic carbocycles. The number of benzene rings is 1. The summed E-state index contributed by atoms with van der Waals surface area (Å²) in [5.41, 5.74) is 3.67. The number of carboxylic acid groups (broad SMARTS) is 1. The monoisotopic (exact) mass is 482 g/mol. The van der Waals surface area contributed by atoms with Gasteiger partial charge in [0.25, 0.3) is 5.91 Å². The van der Waals surface area contributed by atoms with Crippen molar-refractivity contribution in [2.75, 3.05) is 27.9 Å². The van der Waals surface area contributed by atoms with E-state index in [0.717, 1.165) is 0 Å². The summed E-state index contributed by atoms with van der Waals surface area (Å²) in [5, 5.41) is 10.5. The van der Waals surface area contributed by atoms with Crippen LogP contribution in [0.2, 0.25) is 0 Å². The van der Waals surface area contributed by atoms with Crippen LogP contribution >= 0.6 is 22.6 Å². The fourth-order valence-corrected chi connectivity index (χ4v) is 2.50. The summed E-state index contributed by atoms with van der Waals surface area (Å²) in [5.74, 6) is -1.16. The highest BCUT2D eigenvalue weighted by molar-refractivity contribution is 14.1. The van der Waals surface area contributed by atoms with Gasteiger partial charge in [0.1, 0.15) is 5.82 Å². The van der Waals surface area contributed by atoms with Gasteiger partial charge >= 0.3 is 5.97 Å². The Kier molecular flexibility index (Phi) is 7.53. The van der Waals surface area contributed by atoms with Crippen LogP contribution in [0.3, 0.4) is 0 Å². The van der Waals surface area contributed by atoms with Crippen molar-refractivity contribution in [3.05, 3.63) is 54.2 Å². The van der Waals surface area contributed by atoms with E-state index in [0.29, 0.717) is 21.5 Å². The van der Waals surface area contributed by atoms with Gasteiger partial charge in [0.15, 0.2) is 0 Å². The molecule has 1 heterocycles. The van der Waals surface area contributed by atoms with Gasteiger partial charge in [0.05, 0.1) is 16.5 Å². The van der Waals surface area contributed by atoms with Crippen molar-refractivity contribution in [2.24, 2.45) is 0 Å². The van der Waals surface area contributed by atoms with Crippen LogP contribution in [0.1, 0.15) is 16.8 Å². The number of aromatic nitrogens is 1. The van der Waals surface area contributed by atoms with E-state index in [-0.39, 0.29) is 24.8 Å². The van der Waals surface area contributed by atoms with Crippen molar-refractivity contribution in [1.29, 1.82) is 0 Å². The lowest BCUT2D eigenvalue weighted by Gasteiger charge is -2.23. The number of carbonyl (C=O) groups excluding carboxylic acids is 2. The third-order valence-corrected chi connectivity index (χ3v) is 4.31. The van der Waals surface area contributed by atoms with Gasteiger partial charge in [-0.1, -0.05) is 34.7 Å². The summed E-state index contributed by atoms with van der Waals surface area (Å²) in [7, 11) is 1.68. The molecule has 2 amide bonds. The minimum atomic E-state index is -1.00. The van der Waals surface area contributed by atoms with Gasteiger partial charge in [0, 0.05) is 25.4 Å². The SMILES string of the molecule is CN(NC(=O)CI)c1cccc(C(=O)N(CCC(=O)O)c2ccccn2)c1. The quantitative estimate of drug-likeness (QED) is 0.340. The van der Waals surface area contributed by atoms with Crippen LogP contribution in [0.25, 0.3) is 0 Å². The first-order valence-corrected chi connectivity index (χ1v) is 9.59. The molecule has 1 aromatic carbocycles. The Morgan fingerprint density at radius 3 is 2.59 bits per heavy atom. The molecule has 0 aliphatic rings. The van der Waals surface area contributed by atoms with Gasteiger partial charge in [-0.3, -0.25) is 29.7 Å². The van der Waals surface area contributed by atoms with Crippen LogP contribution in [0.15, 0.2) is 48.7 Å². The number of hydrazine groups is 1. The fraction of sp³-hybridized carbons (Fsp3) is 0.222. The Hall–Kier alpha value is -2.69. The Balaban J connectivity index is 2.27. The molecule has 2 rings (SSSR count). The Labute approximate surface area is 170 Å². The Morgan fingerprint density at radius 1 is 1.19 bits per heavy atom. The lowest BCUT2D eigenvalue weighted by Crippen LogP contribution is -2.40. The lowest BCUT2D eigenvalue weighted by molar-refractivity contribution is -0.136. The minimum Gasteiger partial charge on any atom is -0.481 e. The maximum absolute atomic E-state index is 13.0. The second-order valence-electron chi connectivity index (χ2n) is 5.57. The van der Waals surface area contributed by atoms with Crippen LogP contribution in [-0.2, 0) is 9.59 Å². The molecule has 0 bridgehead atoms. The summed E-state index contributed by atoms with van der Waals surface area (Å²) >= 11 is 1.96. The predicted molar refractivity (Wildman–Crippen MR) is 110 cm³/mol. The number of amides is 2. The average Bonchev–Trinajstić information content (AvgIpc) is 2.68. The molecule has 0 radical (unpaired) electrons. The number of rotatable bonds is 8. The van der Waals surface area contributed by atoms with Crippen molar-refractivity contribution >= 4 is 51.9 Å². The number of halogens is 1. The fourth-order valence-electron chi connectivity index (χ4n) is 2.33. The first-order valence-electron chi connectivity index (χ1n) is 8.06. The van der Waals surface area contributed by atoms with E-state index in [1.54, 1.807) is 55.7 Å². The zero-order valence-corrected chi connectivity index (χ0v) is 16.8. The van der Waals surface area contributed by atoms with E-state index >= 15 is 0 Å². The van der Waals surface area contributed by atoms with E-state index in [9.17, 15) is 14.4 Å². The van der Waals surface area contributed by atoms with Gasteiger partial charge in [-0.05, 0) is 30.3 Å². The van der Waals surface area contributed by atoms with Gasteiger partial charge in [-0.15, -0.1) is 0 Å². The first kappa shape index (κ1) is 20.6. The minimum absolute atomic E-state index is 0.00316. The van der Waals surface area contributed by atoms with E-state index in [2.05, 4.69) is 10.4 Å². The average molecular weight is 482 g/mol. The number of nitrogens with one attached hydrogen (secondary N) is 1. The number of carbonyl (C=O) groups is 3. The van der Waals surface area contributed by atoms with Crippen LogP contribution in [0.5, 0.6) is 0 Å². The van der Waals surface area contributed by atoms with Crippen molar-refractivity contribution in [3.63, 3.8) is 0 Å². The molecular formula is C18H19IN4O4. The maximum atomic E-state index is 13.0. The third-order valence-electron chi connectivity index (χ3n) is 3.61. The van der Waals surface area contributed by atoms with Crippen LogP contribution in [-0.4, -0.2) is 45.9 Å². The molecule has 27 heavy (non-hydrogen) atoms. The molecule has 9 heteroatoms. The second kappa shape index (κ2) is 9.86. The zero-order chi connectivity index (χ0) is 19.8. The number of aliphatic carboxylic acids is 1. The number of anilines is 2. The molecule has 0 unspecified atom stereocenters. The number of hydrogen-bond donors (Lipinski definition) is 2. The number of nitrogens with zero attached hydrogens (tertiary/aromatic N) is 3. The highest BCUT2D eigenvalue weighted by atomic mass is 127. The highest BCUT2D eigenvalue weighted by Crippen LogP contribution is 2.19. The molecule has 2 N–H and O–H groups in total. The number of hydrogen-bond acceptors (Lipinski definition) is 5. The molecule has 0 aliphatic heterocycles. The van der Waals surface area contributed by atoms with Crippen molar-refractivity contribution in [2.45, 2.75) is 6.42 Å². The summed E-state index contributed by atoms with van der Waals surface area (Å²) in [6.45, 7) is -0.00316. The second-order valence-corrected chi connectivity index (χ2v) is 6.33. The molecule has 0 fully saturated rings. The maximum Gasteiger partial charge on any atom is 0.305 e. The highest BCUT2D eigenvalue weighted by Gasteiger charge is 2.20.